The molecular weight excluding hydrogens is 278 g/mol. The molecule has 0 radical (unpaired) electrons. The Morgan fingerprint density at radius 1 is 1.30 bits per heavy atom. The van der Waals surface area contributed by atoms with Crippen LogP contribution in [0.1, 0.15) is 31.7 Å². The molecule has 0 atom stereocenters. The molecule has 1 aromatic carbocycles. The Kier molecular flexibility index (Phi) is 8.42. The molecule has 0 saturated carbocycles. The van der Waals surface area contributed by atoms with Gasteiger partial charge >= 0.3 is 0 Å². The minimum atomic E-state index is 0.115. The van der Waals surface area contributed by atoms with E-state index < -0.39 is 0 Å². The molecule has 2 N–H and O–H groups in total. The van der Waals surface area contributed by atoms with Gasteiger partial charge in [-0.3, -0.25) is 0 Å². The summed E-state index contributed by atoms with van der Waals surface area (Å²) in [5.74, 6) is 1.26. The molecule has 0 heterocycles. The molecule has 0 aliphatic heterocycles. The van der Waals surface area contributed by atoms with E-state index in [1.807, 2.05) is 12.1 Å². The van der Waals surface area contributed by atoms with Crippen LogP contribution < -0.4 is 14.8 Å². The molecule has 0 fully saturated rings. The number of benzene rings is 1. The molecule has 0 unspecified atom stereocenters. The fourth-order valence-corrected chi connectivity index (χ4v) is 2.14. The van der Waals surface area contributed by atoms with Crippen LogP contribution in [0.4, 0.5) is 0 Å². The Balaban J connectivity index is 2.69. The van der Waals surface area contributed by atoms with Crippen molar-refractivity contribution in [1.29, 1.82) is 0 Å². The predicted molar refractivity (Wildman–Crippen MR) is 81.8 cm³/mol. The molecule has 1 aromatic rings. The fourth-order valence-electron chi connectivity index (χ4n) is 1.85. The van der Waals surface area contributed by atoms with Crippen molar-refractivity contribution in [1.82, 2.24) is 5.32 Å². The van der Waals surface area contributed by atoms with E-state index in [1.165, 1.54) is 0 Å². The molecule has 0 bridgehead atoms. The number of rotatable bonds is 10. The van der Waals surface area contributed by atoms with Gasteiger partial charge in [-0.1, -0.05) is 31.4 Å². The number of nitrogens with one attached hydrogen (secondary N) is 1. The molecule has 5 heteroatoms. The van der Waals surface area contributed by atoms with Gasteiger partial charge in [0.1, 0.15) is 0 Å². The van der Waals surface area contributed by atoms with Crippen LogP contribution in [0.3, 0.4) is 0 Å². The van der Waals surface area contributed by atoms with Crippen LogP contribution in [-0.4, -0.2) is 32.0 Å². The first-order valence-corrected chi connectivity index (χ1v) is 7.41. The lowest BCUT2D eigenvalue weighted by Crippen LogP contribution is -2.17. The zero-order valence-electron chi connectivity index (χ0n) is 12.2. The Morgan fingerprint density at radius 2 is 2.10 bits per heavy atom. The van der Waals surface area contributed by atoms with Crippen molar-refractivity contribution in [3.63, 3.8) is 0 Å². The summed E-state index contributed by atoms with van der Waals surface area (Å²) >= 11 is 6.26. The number of halogens is 1. The molecule has 0 amide bonds. The third kappa shape index (κ3) is 5.57. The van der Waals surface area contributed by atoms with Gasteiger partial charge in [-0.25, -0.2) is 0 Å². The van der Waals surface area contributed by atoms with Gasteiger partial charge in [0, 0.05) is 13.1 Å². The Hall–Kier alpha value is -0.970. The highest BCUT2D eigenvalue weighted by Crippen LogP contribution is 2.36. The van der Waals surface area contributed by atoms with Crippen molar-refractivity contribution >= 4 is 11.6 Å². The maximum Gasteiger partial charge on any atom is 0.179 e. The number of ether oxygens (including phenoxy) is 2. The molecule has 0 spiro atoms. The minimum Gasteiger partial charge on any atom is -0.493 e. The summed E-state index contributed by atoms with van der Waals surface area (Å²) in [5.41, 5.74) is 1.00. The number of aliphatic hydroxyl groups excluding tert-OH is 1. The highest BCUT2D eigenvalue weighted by Gasteiger charge is 2.11. The minimum absolute atomic E-state index is 0.115. The van der Waals surface area contributed by atoms with Crippen LogP contribution in [0, 0.1) is 0 Å². The summed E-state index contributed by atoms with van der Waals surface area (Å²) in [6, 6.07) is 3.77. The van der Waals surface area contributed by atoms with E-state index in [4.69, 9.17) is 26.2 Å². The van der Waals surface area contributed by atoms with E-state index in [0.717, 1.165) is 24.8 Å². The largest absolute Gasteiger partial charge is 0.493 e. The molecule has 0 aromatic heterocycles. The van der Waals surface area contributed by atoms with Gasteiger partial charge in [-0.05, 0) is 24.1 Å². The second-order valence-electron chi connectivity index (χ2n) is 4.56. The van der Waals surface area contributed by atoms with Crippen LogP contribution in [-0.2, 0) is 6.54 Å². The molecule has 1 rings (SSSR count). The summed E-state index contributed by atoms with van der Waals surface area (Å²) < 4.78 is 11.1. The summed E-state index contributed by atoms with van der Waals surface area (Å²) in [6.45, 7) is 4.10. The topological polar surface area (TPSA) is 50.7 Å². The SMILES string of the molecule is CCCCCOc1c(Cl)cc(CNCCO)cc1OC. The second-order valence-corrected chi connectivity index (χ2v) is 4.97. The van der Waals surface area contributed by atoms with Gasteiger partial charge in [0.15, 0.2) is 11.5 Å². The zero-order valence-corrected chi connectivity index (χ0v) is 13.0. The van der Waals surface area contributed by atoms with Crippen molar-refractivity contribution in [2.45, 2.75) is 32.7 Å². The van der Waals surface area contributed by atoms with E-state index in [0.29, 0.717) is 36.2 Å². The standard InChI is InChI=1S/C15H24ClNO3/c1-3-4-5-8-20-15-13(16)9-12(10-14(15)19-2)11-17-6-7-18/h9-10,17-18H,3-8,11H2,1-2H3. The second kappa shape index (κ2) is 9.86. The normalized spacial score (nSPS) is 10.6. The van der Waals surface area contributed by atoms with E-state index in [-0.39, 0.29) is 6.61 Å². The van der Waals surface area contributed by atoms with Gasteiger partial charge in [-0.15, -0.1) is 0 Å². The Labute approximate surface area is 126 Å². The first kappa shape index (κ1) is 17.1. The van der Waals surface area contributed by atoms with Crippen LogP contribution in [0.15, 0.2) is 12.1 Å². The summed E-state index contributed by atoms with van der Waals surface area (Å²) in [7, 11) is 1.61. The molecule has 0 aliphatic carbocycles. The van der Waals surface area contributed by atoms with Crippen molar-refractivity contribution in [3.05, 3.63) is 22.7 Å². The maximum atomic E-state index is 8.75. The van der Waals surface area contributed by atoms with Crippen LogP contribution in [0.25, 0.3) is 0 Å². The first-order chi connectivity index (χ1) is 9.72. The predicted octanol–water partition coefficient (Wildman–Crippen LogP) is 3.00. The third-order valence-corrected chi connectivity index (χ3v) is 3.18. The van der Waals surface area contributed by atoms with Gasteiger partial charge < -0.3 is 19.9 Å². The lowest BCUT2D eigenvalue weighted by molar-refractivity contribution is 0.285. The van der Waals surface area contributed by atoms with E-state index in [9.17, 15) is 0 Å². The number of hydrogen-bond donors (Lipinski definition) is 2. The monoisotopic (exact) mass is 301 g/mol. The van der Waals surface area contributed by atoms with Crippen LogP contribution in [0.5, 0.6) is 11.5 Å². The fraction of sp³-hybridized carbons (Fsp3) is 0.600. The molecule has 114 valence electrons. The highest BCUT2D eigenvalue weighted by molar-refractivity contribution is 6.32. The lowest BCUT2D eigenvalue weighted by Gasteiger charge is -2.14. The smallest absolute Gasteiger partial charge is 0.179 e. The van der Waals surface area contributed by atoms with Crippen molar-refractivity contribution in [3.8, 4) is 11.5 Å². The molecule has 4 nitrogen and oxygen atoms in total. The average Bonchev–Trinajstić information content (AvgIpc) is 2.45. The molecule has 20 heavy (non-hydrogen) atoms. The quantitative estimate of drug-likeness (QED) is 0.652. The van der Waals surface area contributed by atoms with E-state index in [1.54, 1.807) is 7.11 Å². The summed E-state index contributed by atoms with van der Waals surface area (Å²) in [4.78, 5) is 0. The first-order valence-electron chi connectivity index (χ1n) is 7.03. The summed E-state index contributed by atoms with van der Waals surface area (Å²) in [6.07, 6.45) is 3.31. The van der Waals surface area contributed by atoms with Crippen LogP contribution in [0.2, 0.25) is 5.02 Å². The average molecular weight is 302 g/mol. The van der Waals surface area contributed by atoms with Crippen molar-refractivity contribution in [2.24, 2.45) is 0 Å². The van der Waals surface area contributed by atoms with Gasteiger partial charge in [0.05, 0.1) is 25.3 Å². The van der Waals surface area contributed by atoms with E-state index in [2.05, 4.69) is 12.2 Å². The number of hydrogen-bond acceptors (Lipinski definition) is 4. The number of aliphatic hydroxyl groups is 1. The Bertz CT molecular complexity index is 399. The molecule has 0 aliphatic rings. The highest BCUT2D eigenvalue weighted by atomic mass is 35.5. The Morgan fingerprint density at radius 3 is 2.75 bits per heavy atom. The number of methoxy groups -OCH3 is 1. The van der Waals surface area contributed by atoms with Gasteiger partial charge in [-0.2, -0.15) is 0 Å². The van der Waals surface area contributed by atoms with Gasteiger partial charge in [0.2, 0.25) is 0 Å². The van der Waals surface area contributed by atoms with Crippen LogP contribution >= 0.6 is 11.6 Å². The van der Waals surface area contributed by atoms with Gasteiger partial charge in [0.25, 0.3) is 0 Å². The maximum absolute atomic E-state index is 8.75. The zero-order chi connectivity index (χ0) is 14.8. The van der Waals surface area contributed by atoms with Crippen molar-refractivity contribution in [2.75, 3.05) is 26.9 Å². The van der Waals surface area contributed by atoms with E-state index >= 15 is 0 Å². The summed E-state index contributed by atoms with van der Waals surface area (Å²) in [5, 5.41) is 12.4. The van der Waals surface area contributed by atoms with Crippen molar-refractivity contribution < 1.29 is 14.6 Å². The third-order valence-electron chi connectivity index (χ3n) is 2.90. The molecular formula is C15H24ClNO3. The molecule has 0 saturated heterocycles. The lowest BCUT2D eigenvalue weighted by atomic mass is 10.2. The number of unbranched alkanes of at least 4 members (excludes halogenated alkanes) is 2.